The van der Waals surface area contributed by atoms with Crippen molar-refractivity contribution >= 4 is 22.5 Å². The summed E-state index contributed by atoms with van der Waals surface area (Å²) in [7, 11) is 0. The van der Waals surface area contributed by atoms with Crippen molar-refractivity contribution in [2.45, 2.75) is 25.8 Å². The monoisotopic (exact) mass is 349 g/mol. The summed E-state index contributed by atoms with van der Waals surface area (Å²) in [5, 5.41) is 5.18. The smallest absolute Gasteiger partial charge is 0.220 e. The van der Waals surface area contributed by atoms with E-state index in [1.54, 1.807) is 0 Å². The molecule has 1 unspecified atom stereocenters. The summed E-state index contributed by atoms with van der Waals surface area (Å²) in [6.07, 6.45) is 0.199. The highest BCUT2D eigenvalue weighted by Gasteiger charge is 2.14. The zero-order valence-electron chi connectivity index (χ0n) is 14.5. The zero-order valence-corrected chi connectivity index (χ0v) is 14.5. The fourth-order valence-electron chi connectivity index (χ4n) is 3.03. The number of benzene rings is 3. The molecule has 0 heterocycles. The van der Waals surface area contributed by atoms with Crippen molar-refractivity contribution in [3.63, 3.8) is 0 Å². The maximum Gasteiger partial charge on any atom is 0.220 e. The molecule has 3 rings (SSSR count). The highest BCUT2D eigenvalue weighted by atomic mass is 19.1. The minimum absolute atomic E-state index is 0.0969. The summed E-state index contributed by atoms with van der Waals surface area (Å²) < 4.78 is 12.9. The molecule has 132 valence electrons. The third-order valence-corrected chi connectivity index (χ3v) is 4.41. The molecule has 0 saturated heterocycles. The van der Waals surface area contributed by atoms with Crippen LogP contribution in [0.15, 0.2) is 66.7 Å². The van der Waals surface area contributed by atoms with Crippen LogP contribution in [0.4, 0.5) is 4.39 Å². The van der Waals surface area contributed by atoms with Crippen LogP contribution < -0.4 is 5.32 Å². The lowest BCUT2D eigenvalue weighted by atomic mass is 9.99. The first kappa shape index (κ1) is 17.8. The fourth-order valence-corrected chi connectivity index (χ4v) is 3.03. The van der Waals surface area contributed by atoms with E-state index in [1.807, 2.05) is 49.4 Å². The third kappa shape index (κ3) is 4.14. The van der Waals surface area contributed by atoms with Gasteiger partial charge in [-0.25, -0.2) is 4.39 Å². The molecule has 0 aliphatic heterocycles. The predicted octanol–water partition coefficient (Wildman–Crippen LogP) is 4.82. The molecule has 0 radical (unpaired) electrons. The average molecular weight is 349 g/mol. The summed E-state index contributed by atoms with van der Waals surface area (Å²) in [5.41, 5.74) is 1.46. The molecule has 0 spiro atoms. The Morgan fingerprint density at radius 1 is 0.923 bits per heavy atom. The molecule has 3 aromatic carbocycles. The van der Waals surface area contributed by atoms with E-state index in [4.69, 9.17) is 0 Å². The largest absolute Gasteiger partial charge is 0.350 e. The number of nitrogens with one attached hydrogen (secondary N) is 1. The Morgan fingerprint density at radius 3 is 2.38 bits per heavy atom. The quantitative estimate of drug-likeness (QED) is 0.649. The molecule has 1 atom stereocenters. The SMILES string of the molecule is CC(NC(=O)CCC(=O)c1ccc(F)cc1)c1cccc2ccccc12. The number of halogens is 1. The van der Waals surface area contributed by atoms with E-state index in [9.17, 15) is 14.0 Å². The summed E-state index contributed by atoms with van der Waals surface area (Å²) in [6, 6.07) is 19.2. The maximum absolute atomic E-state index is 12.9. The Bertz CT molecular complexity index is 929. The van der Waals surface area contributed by atoms with Gasteiger partial charge >= 0.3 is 0 Å². The molecule has 1 amide bonds. The van der Waals surface area contributed by atoms with Gasteiger partial charge in [-0.3, -0.25) is 9.59 Å². The van der Waals surface area contributed by atoms with Crippen molar-refractivity contribution in [2.24, 2.45) is 0 Å². The molecular formula is C22H20FNO2. The molecule has 26 heavy (non-hydrogen) atoms. The number of carbonyl (C=O) groups excluding carboxylic acids is 2. The molecule has 3 aromatic rings. The normalized spacial score (nSPS) is 11.9. The Balaban J connectivity index is 1.60. The van der Waals surface area contributed by atoms with Crippen LogP contribution in [0.3, 0.4) is 0 Å². The lowest BCUT2D eigenvalue weighted by molar-refractivity contribution is -0.121. The molecule has 0 fully saturated rings. The van der Waals surface area contributed by atoms with E-state index in [0.717, 1.165) is 16.3 Å². The van der Waals surface area contributed by atoms with Gasteiger partial charge in [0.2, 0.25) is 5.91 Å². The molecule has 0 aliphatic rings. The van der Waals surface area contributed by atoms with Gasteiger partial charge in [-0.2, -0.15) is 0 Å². The zero-order chi connectivity index (χ0) is 18.5. The molecule has 0 aromatic heterocycles. The topological polar surface area (TPSA) is 46.2 Å². The number of rotatable bonds is 6. The first-order valence-corrected chi connectivity index (χ1v) is 8.60. The van der Waals surface area contributed by atoms with Crippen LogP contribution in [0.5, 0.6) is 0 Å². The van der Waals surface area contributed by atoms with Gasteiger partial charge in [0.05, 0.1) is 6.04 Å². The fraction of sp³-hybridized carbons (Fsp3) is 0.182. The van der Waals surface area contributed by atoms with Crippen LogP contribution in [0, 0.1) is 5.82 Å². The second-order valence-electron chi connectivity index (χ2n) is 6.29. The number of ketones is 1. The van der Waals surface area contributed by atoms with Crippen LogP contribution >= 0.6 is 0 Å². The van der Waals surface area contributed by atoms with E-state index in [0.29, 0.717) is 5.56 Å². The van der Waals surface area contributed by atoms with Crippen molar-refractivity contribution in [3.8, 4) is 0 Å². The Kier molecular flexibility index (Phi) is 5.42. The molecule has 0 bridgehead atoms. The van der Waals surface area contributed by atoms with E-state index in [1.165, 1.54) is 24.3 Å². The van der Waals surface area contributed by atoms with Crippen molar-refractivity contribution in [3.05, 3.63) is 83.7 Å². The Hall–Kier alpha value is -3.01. The van der Waals surface area contributed by atoms with Crippen LogP contribution in [0.1, 0.15) is 41.7 Å². The van der Waals surface area contributed by atoms with E-state index < -0.39 is 0 Å². The molecular weight excluding hydrogens is 329 g/mol. The standard InChI is InChI=1S/C22H20FNO2/c1-15(19-8-4-6-16-5-2-3-7-20(16)19)24-22(26)14-13-21(25)17-9-11-18(23)12-10-17/h2-12,15H,13-14H2,1H3,(H,24,26). The number of carbonyl (C=O) groups is 2. The average Bonchev–Trinajstić information content (AvgIpc) is 2.66. The van der Waals surface area contributed by atoms with E-state index in [2.05, 4.69) is 5.32 Å². The number of fused-ring (bicyclic) bond motifs is 1. The molecule has 0 aliphatic carbocycles. The maximum atomic E-state index is 12.9. The number of amides is 1. The van der Waals surface area contributed by atoms with Crippen LogP contribution in [-0.2, 0) is 4.79 Å². The van der Waals surface area contributed by atoms with Crippen LogP contribution in [-0.4, -0.2) is 11.7 Å². The summed E-state index contributed by atoms with van der Waals surface area (Å²) >= 11 is 0. The molecule has 1 N–H and O–H groups in total. The predicted molar refractivity (Wildman–Crippen MR) is 100 cm³/mol. The number of hydrogen-bond acceptors (Lipinski definition) is 2. The highest BCUT2D eigenvalue weighted by molar-refractivity contribution is 5.98. The summed E-state index contributed by atoms with van der Waals surface area (Å²) in [5.74, 6) is -0.734. The van der Waals surface area contributed by atoms with Gasteiger partial charge in [0, 0.05) is 18.4 Å². The summed E-state index contributed by atoms with van der Waals surface area (Å²) in [4.78, 5) is 24.3. The molecule has 0 saturated carbocycles. The minimum Gasteiger partial charge on any atom is -0.350 e. The van der Waals surface area contributed by atoms with Crippen LogP contribution in [0.2, 0.25) is 0 Å². The van der Waals surface area contributed by atoms with Gasteiger partial charge in [-0.05, 0) is 47.5 Å². The Morgan fingerprint density at radius 2 is 1.62 bits per heavy atom. The van der Waals surface area contributed by atoms with Gasteiger partial charge in [0.25, 0.3) is 0 Å². The van der Waals surface area contributed by atoms with Gasteiger partial charge in [-0.1, -0.05) is 42.5 Å². The van der Waals surface area contributed by atoms with Crippen molar-refractivity contribution < 1.29 is 14.0 Å². The molecule has 4 heteroatoms. The third-order valence-electron chi connectivity index (χ3n) is 4.41. The number of hydrogen-bond donors (Lipinski definition) is 1. The second-order valence-corrected chi connectivity index (χ2v) is 6.29. The van der Waals surface area contributed by atoms with E-state index in [-0.39, 0.29) is 36.4 Å². The number of Topliss-reactive ketones (excluding diaryl/α,β-unsaturated/α-hetero) is 1. The van der Waals surface area contributed by atoms with Crippen molar-refractivity contribution in [1.29, 1.82) is 0 Å². The second kappa shape index (κ2) is 7.91. The van der Waals surface area contributed by atoms with E-state index >= 15 is 0 Å². The van der Waals surface area contributed by atoms with Gasteiger partial charge in [0.15, 0.2) is 5.78 Å². The van der Waals surface area contributed by atoms with Gasteiger partial charge in [-0.15, -0.1) is 0 Å². The lowest BCUT2D eigenvalue weighted by Gasteiger charge is -2.16. The van der Waals surface area contributed by atoms with Gasteiger partial charge in [0.1, 0.15) is 5.82 Å². The first-order chi connectivity index (χ1) is 12.5. The van der Waals surface area contributed by atoms with Crippen molar-refractivity contribution in [2.75, 3.05) is 0 Å². The van der Waals surface area contributed by atoms with Crippen molar-refractivity contribution in [1.82, 2.24) is 5.32 Å². The summed E-state index contributed by atoms with van der Waals surface area (Å²) in [6.45, 7) is 1.93. The Labute approximate surface area is 151 Å². The van der Waals surface area contributed by atoms with Gasteiger partial charge < -0.3 is 5.32 Å². The lowest BCUT2D eigenvalue weighted by Crippen LogP contribution is -2.27. The highest BCUT2D eigenvalue weighted by Crippen LogP contribution is 2.24. The first-order valence-electron chi connectivity index (χ1n) is 8.60. The minimum atomic E-state index is -0.386. The van der Waals surface area contributed by atoms with Crippen LogP contribution in [0.25, 0.3) is 10.8 Å². The molecule has 3 nitrogen and oxygen atoms in total.